The molecule has 7 rings (SSSR count). The number of piperidine rings is 1. The molecule has 0 radical (unpaired) electrons. The first kappa shape index (κ1) is 32.0. The van der Waals surface area contributed by atoms with Crippen LogP contribution in [0, 0.1) is 5.41 Å². The van der Waals surface area contributed by atoms with Gasteiger partial charge in [-0.3, -0.25) is 4.79 Å². The van der Waals surface area contributed by atoms with Gasteiger partial charge in [-0.15, -0.1) is 0 Å². The third kappa shape index (κ3) is 6.76. The molecule has 10 heteroatoms. The lowest BCUT2D eigenvalue weighted by molar-refractivity contribution is -0.146. The van der Waals surface area contributed by atoms with Gasteiger partial charge in [0.25, 0.3) is 5.92 Å². The van der Waals surface area contributed by atoms with Crippen molar-refractivity contribution in [1.82, 2.24) is 9.62 Å². The number of carbonyl (C=O) groups is 1. The van der Waals surface area contributed by atoms with Crippen LogP contribution in [0.25, 0.3) is 21.9 Å². The topological polar surface area (TPSA) is 75.7 Å². The molecule has 4 aromatic rings. The lowest BCUT2D eigenvalue weighted by Crippen LogP contribution is -2.57. The maximum absolute atomic E-state index is 16.5. The van der Waals surface area contributed by atoms with Gasteiger partial charge in [0, 0.05) is 23.7 Å². The zero-order valence-electron chi connectivity index (χ0n) is 25.9. The Morgan fingerprint density at radius 2 is 1.51 bits per heavy atom. The number of hydrogen-bond donors (Lipinski definition) is 1. The van der Waals surface area contributed by atoms with E-state index in [2.05, 4.69) is 4.72 Å². The fourth-order valence-electron chi connectivity index (χ4n) is 7.00. The molecule has 4 aromatic carbocycles. The summed E-state index contributed by atoms with van der Waals surface area (Å²) in [4.78, 5) is 15.2. The second kappa shape index (κ2) is 12.5. The van der Waals surface area contributed by atoms with Crippen LogP contribution in [-0.4, -0.2) is 44.5 Å². The van der Waals surface area contributed by atoms with E-state index < -0.39 is 33.5 Å². The molecular formula is C37H37ClF2N2O4S. The Balaban J connectivity index is 1.18. The predicted molar refractivity (Wildman–Crippen MR) is 179 cm³/mol. The number of amides is 1. The molecule has 1 heterocycles. The number of hydrogen-bond acceptors (Lipinski definition) is 4. The van der Waals surface area contributed by atoms with Crippen LogP contribution in [0.15, 0.2) is 89.8 Å². The van der Waals surface area contributed by atoms with E-state index in [-0.39, 0.29) is 16.4 Å². The third-order valence-electron chi connectivity index (χ3n) is 9.96. The highest BCUT2D eigenvalue weighted by atomic mass is 35.5. The van der Waals surface area contributed by atoms with Crippen molar-refractivity contribution in [2.24, 2.45) is 5.41 Å². The van der Waals surface area contributed by atoms with Crippen LogP contribution in [0.2, 0.25) is 5.02 Å². The van der Waals surface area contributed by atoms with E-state index in [1.54, 1.807) is 42.5 Å². The zero-order chi connectivity index (χ0) is 32.8. The summed E-state index contributed by atoms with van der Waals surface area (Å²) in [5.41, 5.74) is 0.979. The minimum atomic E-state index is -4.54. The Morgan fingerprint density at radius 3 is 2.19 bits per heavy atom. The molecule has 2 aliphatic carbocycles. The summed E-state index contributed by atoms with van der Waals surface area (Å²) in [5.74, 6) is -4.05. The van der Waals surface area contributed by atoms with Gasteiger partial charge < -0.3 is 9.64 Å². The smallest absolute Gasteiger partial charge is 0.298 e. The number of benzene rings is 4. The first-order chi connectivity index (χ1) is 22.5. The normalized spacial score (nSPS) is 18.8. The molecule has 1 aliphatic heterocycles. The molecule has 1 spiro atoms. The van der Waals surface area contributed by atoms with Crippen molar-refractivity contribution in [1.29, 1.82) is 0 Å². The fraction of sp³-hybridized carbons (Fsp3) is 0.378. The van der Waals surface area contributed by atoms with Crippen molar-refractivity contribution in [3.63, 3.8) is 0 Å². The van der Waals surface area contributed by atoms with Crippen molar-refractivity contribution < 1.29 is 26.7 Å². The number of nitrogens with one attached hydrogen (secondary N) is 1. The van der Waals surface area contributed by atoms with Crippen LogP contribution in [0.1, 0.15) is 56.9 Å². The summed E-state index contributed by atoms with van der Waals surface area (Å²) >= 11 is 6.00. The number of halogens is 3. The Morgan fingerprint density at radius 1 is 0.872 bits per heavy atom. The highest BCUT2D eigenvalue weighted by Gasteiger charge is 2.53. The number of fused-ring (bicyclic) bond motifs is 1. The van der Waals surface area contributed by atoms with E-state index in [1.807, 2.05) is 6.07 Å². The van der Waals surface area contributed by atoms with E-state index in [9.17, 15) is 13.2 Å². The minimum Gasteiger partial charge on any atom is -0.490 e. The molecule has 1 N–H and O–H groups in total. The van der Waals surface area contributed by atoms with Gasteiger partial charge in [0.05, 0.1) is 11.0 Å². The molecule has 1 atom stereocenters. The molecule has 246 valence electrons. The van der Waals surface area contributed by atoms with Crippen LogP contribution in [0.4, 0.5) is 8.78 Å². The van der Waals surface area contributed by atoms with Gasteiger partial charge >= 0.3 is 0 Å². The number of sulfonamides is 1. The third-order valence-corrected chi connectivity index (χ3v) is 11.6. The summed E-state index contributed by atoms with van der Waals surface area (Å²) in [6, 6.07) is 20.1. The summed E-state index contributed by atoms with van der Waals surface area (Å²) in [6.07, 6.45) is 8.01. The molecule has 2 saturated carbocycles. The molecule has 0 unspecified atom stereocenters. The molecule has 6 nitrogen and oxygen atoms in total. The summed E-state index contributed by atoms with van der Waals surface area (Å²) in [6.45, 7) is 0.669. The number of alkyl halides is 2. The number of carbonyl (C=O) groups excluding carboxylic acids is 1. The molecule has 3 fully saturated rings. The Hall–Kier alpha value is -3.53. The fourth-order valence-corrected chi connectivity index (χ4v) is 8.35. The number of ether oxygens (including phenoxy) is 1. The maximum Gasteiger partial charge on any atom is 0.298 e. The minimum absolute atomic E-state index is 0.0362. The lowest BCUT2D eigenvalue weighted by atomic mass is 9.93. The zero-order valence-corrected chi connectivity index (χ0v) is 27.5. The monoisotopic (exact) mass is 678 g/mol. The summed E-state index contributed by atoms with van der Waals surface area (Å²) < 4.78 is 68.9. The summed E-state index contributed by atoms with van der Waals surface area (Å²) in [7, 11) is -4.54. The Kier molecular flexibility index (Phi) is 8.51. The van der Waals surface area contributed by atoms with E-state index >= 15 is 8.78 Å². The van der Waals surface area contributed by atoms with Crippen molar-refractivity contribution in [3.05, 3.63) is 95.5 Å². The van der Waals surface area contributed by atoms with Gasteiger partial charge in [-0.25, -0.2) is 8.42 Å². The van der Waals surface area contributed by atoms with Crippen molar-refractivity contribution in [2.75, 3.05) is 13.1 Å². The van der Waals surface area contributed by atoms with Gasteiger partial charge in [0.2, 0.25) is 15.9 Å². The van der Waals surface area contributed by atoms with Gasteiger partial charge in [0.15, 0.2) is 6.04 Å². The van der Waals surface area contributed by atoms with Crippen LogP contribution < -0.4 is 9.46 Å². The highest BCUT2D eigenvalue weighted by Crippen LogP contribution is 2.52. The van der Waals surface area contributed by atoms with E-state index in [4.69, 9.17) is 16.3 Å². The van der Waals surface area contributed by atoms with Gasteiger partial charge in [-0.2, -0.15) is 13.5 Å². The van der Waals surface area contributed by atoms with E-state index in [1.165, 1.54) is 41.3 Å². The first-order valence-electron chi connectivity index (χ1n) is 16.3. The standard InChI is InChI=1S/C37H37ClF2N2O4S/c38-30-14-8-26(9-15-30)25-6-12-29(13-7-25)37(39,40)34(35(43)42-21-3-18-36(24-42)19-20-36)41-47(44,45)33-17-11-27-22-32(16-10-28(27)23-33)46-31-4-1-2-5-31/h6-17,22-23,31,34,41H,1-5,18-21,24H2/t34-/m1/s1. The number of likely N-dealkylation sites (tertiary alicyclic amines) is 1. The molecule has 1 saturated heterocycles. The highest BCUT2D eigenvalue weighted by molar-refractivity contribution is 7.89. The number of nitrogens with zero attached hydrogens (tertiary/aromatic N) is 1. The van der Waals surface area contributed by atoms with E-state index in [0.717, 1.165) is 55.9 Å². The molecule has 3 aliphatic rings. The second-order valence-electron chi connectivity index (χ2n) is 13.3. The quantitative estimate of drug-likeness (QED) is 0.193. The average Bonchev–Trinajstić information content (AvgIpc) is 3.60. The van der Waals surface area contributed by atoms with E-state index in [0.29, 0.717) is 41.2 Å². The SMILES string of the molecule is O=C([C@@H](NS(=O)(=O)c1ccc2cc(OC3CCCC3)ccc2c1)C(F)(F)c1ccc(-c2ccc(Cl)cc2)cc1)N1CCCC2(CC2)C1. The van der Waals surface area contributed by atoms with Crippen LogP contribution in [0.5, 0.6) is 5.75 Å². The lowest BCUT2D eigenvalue weighted by Gasteiger charge is -2.37. The molecule has 0 bridgehead atoms. The molecular weight excluding hydrogens is 642 g/mol. The van der Waals surface area contributed by atoms with Crippen molar-refractivity contribution >= 4 is 38.3 Å². The average molecular weight is 679 g/mol. The Bertz CT molecular complexity index is 1890. The molecule has 1 amide bonds. The van der Waals surface area contributed by atoms with Crippen molar-refractivity contribution in [3.8, 4) is 16.9 Å². The van der Waals surface area contributed by atoms with Crippen LogP contribution in [-0.2, 0) is 20.7 Å². The van der Waals surface area contributed by atoms with Gasteiger partial charge in [-0.05, 0) is 115 Å². The largest absolute Gasteiger partial charge is 0.490 e. The second-order valence-corrected chi connectivity index (χ2v) is 15.5. The Labute approximate surface area is 279 Å². The predicted octanol–water partition coefficient (Wildman–Crippen LogP) is 8.32. The molecule has 47 heavy (non-hydrogen) atoms. The molecule has 0 aromatic heterocycles. The van der Waals surface area contributed by atoms with Crippen LogP contribution in [0.3, 0.4) is 0 Å². The maximum atomic E-state index is 16.5. The van der Waals surface area contributed by atoms with Gasteiger partial charge in [0.1, 0.15) is 5.75 Å². The van der Waals surface area contributed by atoms with Crippen LogP contribution >= 0.6 is 11.6 Å². The number of rotatable bonds is 9. The first-order valence-corrected chi connectivity index (χ1v) is 18.1. The summed E-state index contributed by atoms with van der Waals surface area (Å²) in [5, 5.41) is 1.94. The van der Waals surface area contributed by atoms with Gasteiger partial charge in [-0.1, -0.05) is 60.1 Å². The van der Waals surface area contributed by atoms with Crippen molar-refractivity contribution in [2.45, 2.75) is 74.3 Å².